The fourth-order valence-corrected chi connectivity index (χ4v) is 2.11. The van der Waals surface area contributed by atoms with Gasteiger partial charge in [0.25, 0.3) is 0 Å². The highest BCUT2D eigenvalue weighted by Gasteiger charge is 2.12. The van der Waals surface area contributed by atoms with Crippen molar-refractivity contribution in [2.75, 3.05) is 14.2 Å². The number of rotatable bonds is 5. The molecule has 20 heavy (non-hydrogen) atoms. The first kappa shape index (κ1) is 14.7. The Morgan fingerprint density at radius 1 is 1.00 bits per heavy atom. The van der Waals surface area contributed by atoms with Crippen molar-refractivity contribution >= 4 is 11.6 Å². The van der Waals surface area contributed by atoms with Crippen LogP contribution >= 0.6 is 11.6 Å². The molecule has 0 aliphatic heterocycles. The Bertz CT molecular complexity index is 544. The lowest BCUT2D eigenvalue weighted by Gasteiger charge is -2.14. The lowest BCUT2D eigenvalue weighted by molar-refractivity contribution is 0.177. The first-order valence-electron chi connectivity index (χ1n) is 6.28. The standard InChI is InChI=1S/C16H17ClO3/c1-19-14-8-12(9-15(10-14)20-2)16(18)7-11-3-5-13(17)6-4-11/h3-6,8-10,16,18H,7H2,1-2H3. The summed E-state index contributed by atoms with van der Waals surface area (Å²) in [6.45, 7) is 0. The Morgan fingerprint density at radius 3 is 2.05 bits per heavy atom. The number of hydrogen-bond acceptors (Lipinski definition) is 3. The molecule has 3 nitrogen and oxygen atoms in total. The highest BCUT2D eigenvalue weighted by molar-refractivity contribution is 6.30. The molecule has 0 saturated heterocycles. The molecule has 0 radical (unpaired) electrons. The van der Waals surface area contributed by atoms with Crippen molar-refractivity contribution in [3.63, 3.8) is 0 Å². The fraction of sp³-hybridized carbons (Fsp3) is 0.250. The van der Waals surface area contributed by atoms with Crippen LogP contribution in [0.15, 0.2) is 42.5 Å². The second kappa shape index (κ2) is 6.64. The minimum Gasteiger partial charge on any atom is -0.497 e. The third kappa shape index (κ3) is 3.65. The average molecular weight is 293 g/mol. The van der Waals surface area contributed by atoms with Crippen molar-refractivity contribution in [2.24, 2.45) is 0 Å². The third-order valence-corrected chi connectivity index (χ3v) is 3.35. The number of benzene rings is 2. The maximum atomic E-state index is 10.3. The summed E-state index contributed by atoms with van der Waals surface area (Å²) in [7, 11) is 3.17. The smallest absolute Gasteiger partial charge is 0.122 e. The topological polar surface area (TPSA) is 38.7 Å². The van der Waals surface area contributed by atoms with Crippen molar-refractivity contribution in [3.8, 4) is 11.5 Å². The van der Waals surface area contributed by atoms with Gasteiger partial charge in [0.05, 0.1) is 20.3 Å². The van der Waals surface area contributed by atoms with Gasteiger partial charge >= 0.3 is 0 Å². The molecule has 2 aromatic carbocycles. The van der Waals surface area contributed by atoms with Gasteiger partial charge < -0.3 is 14.6 Å². The molecule has 0 fully saturated rings. The highest BCUT2D eigenvalue weighted by Crippen LogP contribution is 2.28. The Labute approximate surface area is 123 Å². The Morgan fingerprint density at radius 2 is 1.55 bits per heavy atom. The molecule has 0 bridgehead atoms. The molecule has 0 amide bonds. The van der Waals surface area contributed by atoms with Crippen molar-refractivity contribution in [2.45, 2.75) is 12.5 Å². The van der Waals surface area contributed by atoms with E-state index in [1.807, 2.05) is 36.4 Å². The molecular weight excluding hydrogens is 276 g/mol. The second-order valence-electron chi connectivity index (χ2n) is 4.49. The summed E-state index contributed by atoms with van der Waals surface area (Å²) in [5.41, 5.74) is 1.78. The summed E-state index contributed by atoms with van der Waals surface area (Å²) in [6.07, 6.45) is -0.117. The van der Waals surface area contributed by atoms with Crippen LogP contribution < -0.4 is 9.47 Å². The van der Waals surface area contributed by atoms with E-state index in [-0.39, 0.29) is 0 Å². The van der Waals surface area contributed by atoms with Crippen molar-refractivity contribution in [1.29, 1.82) is 0 Å². The highest BCUT2D eigenvalue weighted by atomic mass is 35.5. The van der Waals surface area contributed by atoms with E-state index in [4.69, 9.17) is 21.1 Å². The lowest BCUT2D eigenvalue weighted by Crippen LogP contribution is -2.03. The predicted octanol–water partition coefficient (Wildman–Crippen LogP) is 3.63. The van der Waals surface area contributed by atoms with Gasteiger partial charge in [-0.05, 0) is 35.4 Å². The number of methoxy groups -OCH3 is 2. The van der Waals surface area contributed by atoms with Crippen LogP contribution in [0.4, 0.5) is 0 Å². The molecule has 1 N–H and O–H groups in total. The maximum Gasteiger partial charge on any atom is 0.122 e. The largest absolute Gasteiger partial charge is 0.497 e. The van der Waals surface area contributed by atoms with Gasteiger partial charge in [0.2, 0.25) is 0 Å². The first-order valence-corrected chi connectivity index (χ1v) is 6.65. The Kier molecular flexibility index (Phi) is 4.88. The van der Waals surface area contributed by atoms with E-state index in [1.54, 1.807) is 20.3 Å². The minimum atomic E-state index is -0.625. The van der Waals surface area contributed by atoms with Gasteiger partial charge in [-0.1, -0.05) is 23.7 Å². The minimum absolute atomic E-state index is 0.507. The summed E-state index contributed by atoms with van der Waals surface area (Å²) in [5.74, 6) is 1.32. The van der Waals surface area contributed by atoms with Crippen LogP contribution in [0.2, 0.25) is 5.02 Å². The molecule has 0 heterocycles. The van der Waals surface area contributed by atoms with E-state index >= 15 is 0 Å². The first-order chi connectivity index (χ1) is 9.62. The summed E-state index contributed by atoms with van der Waals surface area (Å²) in [5, 5.41) is 11.0. The molecule has 2 aromatic rings. The zero-order chi connectivity index (χ0) is 14.5. The van der Waals surface area contributed by atoms with Gasteiger partial charge in [0, 0.05) is 17.5 Å². The predicted molar refractivity (Wildman–Crippen MR) is 79.7 cm³/mol. The number of halogens is 1. The van der Waals surface area contributed by atoms with Crippen LogP contribution in [-0.2, 0) is 6.42 Å². The summed E-state index contributed by atoms with van der Waals surface area (Å²) < 4.78 is 10.4. The average Bonchev–Trinajstić information content (AvgIpc) is 2.48. The summed E-state index contributed by atoms with van der Waals surface area (Å²) >= 11 is 5.85. The van der Waals surface area contributed by atoms with E-state index in [0.717, 1.165) is 11.1 Å². The van der Waals surface area contributed by atoms with E-state index < -0.39 is 6.10 Å². The van der Waals surface area contributed by atoms with Gasteiger partial charge in [-0.15, -0.1) is 0 Å². The van der Waals surface area contributed by atoms with Crippen LogP contribution in [0.25, 0.3) is 0 Å². The van der Waals surface area contributed by atoms with Gasteiger partial charge in [0.15, 0.2) is 0 Å². The van der Waals surface area contributed by atoms with Gasteiger partial charge in [-0.25, -0.2) is 0 Å². The number of ether oxygens (including phenoxy) is 2. The summed E-state index contributed by atoms with van der Waals surface area (Å²) in [4.78, 5) is 0. The van der Waals surface area contributed by atoms with Crippen LogP contribution in [0.1, 0.15) is 17.2 Å². The molecule has 1 atom stereocenters. The molecule has 0 spiro atoms. The molecular formula is C16H17ClO3. The maximum absolute atomic E-state index is 10.3. The fourth-order valence-electron chi connectivity index (χ4n) is 1.98. The van der Waals surface area contributed by atoms with Crippen molar-refractivity contribution < 1.29 is 14.6 Å². The van der Waals surface area contributed by atoms with E-state index in [1.165, 1.54) is 0 Å². The third-order valence-electron chi connectivity index (χ3n) is 3.10. The SMILES string of the molecule is COc1cc(OC)cc(C(O)Cc2ccc(Cl)cc2)c1. The second-order valence-corrected chi connectivity index (χ2v) is 4.93. The molecule has 0 aliphatic carbocycles. The Balaban J connectivity index is 2.19. The zero-order valence-electron chi connectivity index (χ0n) is 11.5. The number of hydrogen-bond donors (Lipinski definition) is 1. The van der Waals surface area contributed by atoms with E-state index in [9.17, 15) is 5.11 Å². The number of aliphatic hydroxyl groups is 1. The molecule has 0 aliphatic rings. The van der Waals surface area contributed by atoms with Crippen LogP contribution in [-0.4, -0.2) is 19.3 Å². The van der Waals surface area contributed by atoms with E-state index in [2.05, 4.69) is 0 Å². The molecule has 1 unspecified atom stereocenters. The van der Waals surface area contributed by atoms with Gasteiger partial charge in [-0.3, -0.25) is 0 Å². The quantitative estimate of drug-likeness (QED) is 0.914. The van der Waals surface area contributed by atoms with Gasteiger partial charge in [-0.2, -0.15) is 0 Å². The monoisotopic (exact) mass is 292 g/mol. The van der Waals surface area contributed by atoms with Crippen LogP contribution in [0, 0.1) is 0 Å². The summed E-state index contributed by atoms with van der Waals surface area (Å²) in [6, 6.07) is 12.8. The normalized spacial score (nSPS) is 12.0. The van der Waals surface area contributed by atoms with E-state index in [0.29, 0.717) is 22.9 Å². The van der Waals surface area contributed by atoms with Gasteiger partial charge in [0.1, 0.15) is 11.5 Å². The van der Waals surface area contributed by atoms with Crippen molar-refractivity contribution in [1.82, 2.24) is 0 Å². The van der Waals surface area contributed by atoms with Crippen molar-refractivity contribution in [3.05, 3.63) is 58.6 Å². The molecule has 106 valence electrons. The molecule has 0 saturated carbocycles. The van der Waals surface area contributed by atoms with Crippen LogP contribution in [0.5, 0.6) is 11.5 Å². The molecule has 4 heteroatoms. The molecule has 0 aromatic heterocycles. The Hall–Kier alpha value is -1.71. The lowest BCUT2D eigenvalue weighted by atomic mass is 10.0. The molecule has 2 rings (SSSR count). The van der Waals surface area contributed by atoms with Crippen LogP contribution in [0.3, 0.4) is 0 Å². The number of aliphatic hydroxyl groups excluding tert-OH is 1. The zero-order valence-corrected chi connectivity index (χ0v) is 12.2.